The second-order valence-electron chi connectivity index (χ2n) is 3.92. The standard InChI is InChI=1S/C13H10ClN5O/c1-20-9-4-2-8(3-5-9)17-12-10-11(16-7-6-15-10)18-13(14)19-12/h2-7H,1H3,(H,16,17,18,19). The van der Waals surface area contributed by atoms with Gasteiger partial charge in [0.1, 0.15) is 5.75 Å². The van der Waals surface area contributed by atoms with E-state index in [0.717, 1.165) is 11.4 Å². The topological polar surface area (TPSA) is 72.8 Å². The number of aromatic nitrogens is 4. The van der Waals surface area contributed by atoms with E-state index in [1.54, 1.807) is 19.5 Å². The summed E-state index contributed by atoms with van der Waals surface area (Å²) in [6.07, 6.45) is 3.14. The average Bonchev–Trinajstić information content (AvgIpc) is 2.48. The van der Waals surface area contributed by atoms with Crippen LogP contribution in [0.25, 0.3) is 11.2 Å². The van der Waals surface area contributed by atoms with E-state index in [0.29, 0.717) is 17.0 Å². The number of halogens is 1. The first-order valence-corrected chi connectivity index (χ1v) is 6.19. The molecule has 0 radical (unpaired) electrons. The molecule has 0 unspecified atom stereocenters. The van der Waals surface area contributed by atoms with Crippen LogP contribution < -0.4 is 10.1 Å². The van der Waals surface area contributed by atoms with Gasteiger partial charge in [0.25, 0.3) is 0 Å². The summed E-state index contributed by atoms with van der Waals surface area (Å²) in [5, 5.41) is 3.26. The van der Waals surface area contributed by atoms with E-state index in [4.69, 9.17) is 16.3 Å². The number of methoxy groups -OCH3 is 1. The third-order valence-corrected chi connectivity index (χ3v) is 2.83. The van der Waals surface area contributed by atoms with Crippen molar-refractivity contribution in [2.45, 2.75) is 0 Å². The molecule has 0 saturated carbocycles. The number of anilines is 2. The number of hydrogen-bond acceptors (Lipinski definition) is 6. The van der Waals surface area contributed by atoms with Crippen molar-refractivity contribution in [1.29, 1.82) is 0 Å². The van der Waals surface area contributed by atoms with Crippen molar-refractivity contribution < 1.29 is 4.74 Å². The van der Waals surface area contributed by atoms with E-state index in [2.05, 4.69) is 25.3 Å². The quantitative estimate of drug-likeness (QED) is 0.747. The van der Waals surface area contributed by atoms with Gasteiger partial charge in [-0.25, -0.2) is 9.97 Å². The first-order chi connectivity index (χ1) is 9.76. The van der Waals surface area contributed by atoms with E-state index in [-0.39, 0.29) is 5.28 Å². The van der Waals surface area contributed by atoms with Crippen LogP contribution in [0.5, 0.6) is 5.75 Å². The summed E-state index contributed by atoms with van der Waals surface area (Å²) in [7, 11) is 1.62. The van der Waals surface area contributed by atoms with Gasteiger partial charge in [-0.3, -0.25) is 0 Å². The Hall–Kier alpha value is -2.47. The number of benzene rings is 1. The van der Waals surface area contributed by atoms with Crippen LogP contribution in [0.15, 0.2) is 36.7 Å². The molecule has 0 saturated heterocycles. The van der Waals surface area contributed by atoms with Crippen LogP contribution in [0.3, 0.4) is 0 Å². The lowest BCUT2D eigenvalue weighted by Gasteiger charge is -2.08. The predicted octanol–water partition coefficient (Wildman–Crippen LogP) is 2.83. The molecule has 3 aromatic rings. The maximum absolute atomic E-state index is 5.89. The molecule has 0 spiro atoms. The fraction of sp³-hybridized carbons (Fsp3) is 0.0769. The van der Waals surface area contributed by atoms with Gasteiger partial charge in [0.2, 0.25) is 5.28 Å². The van der Waals surface area contributed by atoms with Gasteiger partial charge in [-0.1, -0.05) is 0 Å². The zero-order valence-corrected chi connectivity index (χ0v) is 11.3. The Kier molecular flexibility index (Phi) is 3.30. The normalized spacial score (nSPS) is 10.5. The van der Waals surface area contributed by atoms with Gasteiger partial charge in [0.15, 0.2) is 17.0 Å². The molecule has 100 valence electrons. The Morgan fingerprint density at radius 2 is 1.80 bits per heavy atom. The minimum atomic E-state index is 0.119. The zero-order valence-electron chi connectivity index (χ0n) is 10.5. The van der Waals surface area contributed by atoms with Crippen molar-refractivity contribution in [3.05, 3.63) is 41.9 Å². The predicted molar refractivity (Wildman–Crippen MR) is 76.4 cm³/mol. The number of nitrogens with zero attached hydrogens (tertiary/aromatic N) is 4. The summed E-state index contributed by atoms with van der Waals surface area (Å²) in [5.41, 5.74) is 1.85. The van der Waals surface area contributed by atoms with Crippen LogP contribution >= 0.6 is 11.6 Å². The first-order valence-electron chi connectivity index (χ1n) is 5.81. The number of rotatable bonds is 3. The van der Waals surface area contributed by atoms with Gasteiger partial charge in [-0.15, -0.1) is 0 Å². The van der Waals surface area contributed by atoms with Crippen LogP contribution in [-0.4, -0.2) is 27.0 Å². The van der Waals surface area contributed by atoms with Gasteiger partial charge in [-0.2, -0.15) is 9.97 Å². The maximum Gasteiger partial charge on any atom is 0.226 e. The lowest BCUT2D eigenvalue weighted by molar-refractivity contribution is 0.415. The van der Waals surface area contributed by atoms with E-state index >= 15 is 0 Å². The fourth-order valence-electron chi connectivity index (χ4n) is 1.74. The van der Waals surface area contributed by atoms with Crippen molar-refractivity contribution in [3.8, 4) is 5.75 Å². The molecule has 0 aliphatic rings. The Labute approximate surface area is 119 Å². The molecular formula is C13H10ClN5O. The number of ether oxygens (including phenoxy) is 1. The molecule has 6 nitrogen and oxygen atoms in total. The highest BCUT2D eigenvalue weighted by atomic mass is 35.5. The molecule has 2 heterocycles. The second-order valence-corrected chi connectivity index (χ2v) is 4.26. The molecule has 20 heavy (non-hydrogen) atoms. The van der Waals surface area contributed by atoms with Crippen LogP contribution in [-0.2, 0) is 0 Å². The molecule has 0 bridgehead atoms. The van der Waals surface area contributed by atoms with Crippen molar-refractivity contribution in [2.75, 3.05) is 12.4 Å². The first kappa shape index (κ1) is 12.6. The lowest BCUT2D eigenvalue weighted by atomic mass is 10.3. The number of hydrogen-bond donors (Lipinski definition) is 1. The molecule has 3 rings (SSSR count). The summed E-state index contributed by atoms with van der Waals surface area (Å²) in [6.45, 7) is 0. The highest BCUT2D eigenvalue weighted by Gasteiger charge is 2.08. The fourth-order valence-corrected chi connectivity index (χ4v) is 1.90. The molecule has 0 amide bonds. The van der Waals surface area contributed by atoms with Gasteiger partial charge >= 0.3 is 0 Å². The van der Waals surface area contributed by atoms with Crippen molar-refractivity contribution >= 4 is 34.3 Å². The van der Waals surface area contributed by atoms with E-state index < -0.39 is 0 Å². The summed E-state index contributed by atoms with van der Waals surface area (Å²) in [5.74, 6) is 1.29. The zero-order chi connectivity index (χ0) is 13.9. The SMILES string of the molecule is COc1ccc(Nc2nc(Cl)nc3nccnc23)cc1. The van der Waals surface area contributed by atoms with Gasteiger partial charge in [0, 0.05) is 18.1 Å². The summed E-state index contributed by atoms with van der Waals surface area (Å²) in [6, 6.07) is 7.44. The third kappa shape index (κ3) is 2.46. The van der Waals surface area contributed by atoms with E-state index in [9.17, 15) is 0 Å². The largest absolute Gasteiger partial charge is 0.497 e. The molecular weight excluding hydrogens is 278 g/mol. The highest BCUT2D eigenvalue weighted by molar-refractivity contribution is 6.28. The van der Waals surface area contributed by atoms with Crippen molar-refractivity contribution in [2.24, 2.45) is 0 Å². The summed E-state index contributed by atoms with van der Waals surface area (Å²) < 4.78 is 5.11. The molecule has 0 fully saturated rings. The molecule has 2 aromatic heterocycles. The molecule has 0 aliphatic carbocycles. The molecule has 7 heteroatoms. The monoisotopic (exact) mass is 287 g/mol. The van der Waals surface area contributed by atoms with Crippen LogP contribution in [0.1, 0.15) is 0 Å². The summed E-state index contributed by atoms with van der Waals surface area (Å²) >= 11 is 5.89. The van der Waals surface area contributed by atoms with Crippen LogP contribution in [0.4, 0.5) is 11.5 Å². The number of fused-ring (bicyclic) bond motifs is 1. The third-order valence-electron chi connectivity index (χ3n) is 2.66. The molecule has 0 atom stereocenters. The second kappa shape index (κ2) is 5.26. The maximum atomic E-state index is 5.89. The molecule has 1 aromatic carbocycles. The Morgan fingerprint density at radius 3 is 2.55 bits per heavy atom. The Bertz CT molecular complexity index is 747. The van der Waals surface area contributed by atoms with Crippen LogP contribution in [0, 0.1) is 0 Å². The van der Waals surface area contributed by atoms with Gasteiger partial charge in [-0.05, 0) is 35.9 Å². The van der Waals surface area contributed by atoms with Crippen molar-refractivity contribution in [1.82, 2.24) is 19.9 Å². The summed E-state index contributed by atoms with van der Waals surface area (Å²) in [4.78, 5) is 16.5. The van der Waals surface area contributed by atoms with E-state index in [1.165, 1.54) is 0 Å². The van der Waals surface area contributed by atoms with Gasteiger partial charge < -0.3 is 10.1 Å². The lowest BCUT2D eigenvalue weighted by Crippen LogP contribution is -1.99. The van der Waals surface area contributed by atoms with Crippen molar-refractivity contribution in [3.63, 3.8) is 0 Å². The molecule has 0 aliphatic heterocycles. The average molecular weight is 288 g/mol. The Balaban J connectivity index is 2.01. The molecule has 1 N–H and O–H groups in total. The number of nitrogens with one attached hydrogen (secondary N) is 1. The van der Waals surface area contributed by atoms with Crippen LogP contribution in [0.2, 0.25) is 5.28 Å². The minimum Gasteiger partial charge on any atom is -0.497 e. The van der Waals surface area contributed by atoms with E-state index in [1.807, 2.05) is 24.3 Å². The highest BCUT2D eigenvalue weighted by Crippen LogP contribution is 2.23. The minimum absolute atomic E-state index is 0.119. The van der Waals surface area contributed by atoms with Gasteiger partial charge in [0.05, 0.1) is 7.11 Å². The Morgan fingerprint density at radius 1 is 1.05 bits per heavy atom. The smallest absolute Gasteiger partial charge is 0.226 e.